The molecule has 3 nitrogen and oxygen atoms in total. The molecular weight excluding hydrogens is 252 g/mol. The van der Waals surface area contributed by atoms with E-state index in [-0.39, 0.29) is 5.92 Å². The number of ether oxygens (including phenoxy) is 1. The number of piperidine rings is 1. The fourth-order valence-corrected chi connectivity index (χ4v) is 2.35. The standard InChI is InChI=1S/C14H17F2NO2/c15-14(16)19-13(18)12-6-8-17(9-7-12)10-11-4-2-1-3-5-11/h1-5,12,14H,6-10H2. The molecule has 1 aliphatic heterocycles. The average Bonchev–Trinajstić information content (AvgIpc) is 2.40. The Morgan fingerprint density at radius 2 is 1.89 bits per heavy atom. The zero-order valence-electron chi connectivity index (χ0n) is 10.6. The maximum atomic E-state index is 12.0. The smallest absolute Gasteiger partial charge is 0.389 e. The number of hydrogen-bond donors (Lipinski definition) is 0. The van der Waals surface area contributed by atoms with E-state index < -0.39 is 12.6 Å². The quantitative estimate of drug-likeness (QED) is 0.787. The first-order chi connectivity index (χ1) is 9.15. The summed E-state index contributed by atoms with van der Waals surface area (Å²) in [6.45, 7) is -0.706. The Balaban J connectivity index is 1.78. The summed E-state index contributed by atoms with van der Waals surface area (Å²) >= 11 is 0. The monoisotopic (exact) mass is 269 g/mol. The van der Waals surface area contributed by atoms with E-state index in [0.717, 1.165) is 19.6 Å². The SMILES string of the molecule is O=C(OC(F)F)C1CCN(Cc2ccccc2)CC1. The fourth-order valence-electron chi connectivity index (χ4n) is 2.35. The normalized spacial score (nSPS) is 17.6. The zero-order chi connectivity index (χ0) is 13.7. The molecule has 0 aromatic heterocycles. The van der Waals surface area contributed by atoms with Crippen LogP contribution in [0.4, 0.5) is 8.78 Å². The number of benzene rings is 1. The third-order valence-electron chi connectivity index (χ3n) is 3.38. The van der Waals surface area contributed by atoms with E-state index in [0.29, 0.717) is 12.8 Å². The first kappa shape index (κ1) is 13.9. The molecule has 1 fully saturated rings. The van der Waals surface area contributed by atoms with Gasteiger partial charge >= 0.3 is 12.6 Å². The van der Waals surface area contributed by atoms with Crippen LogP contribution in [0, 0.1) is 5.92 Å². The summed E-state index contributed by atoms with van der Waals surface area (Å²) in [4.78, 5) is 13.6. The lowest BCUT2D eigenvalue weighted by atomic mass is 9.96. The van der Waals surface area contributed by atoms with E-state index in [4.69, 9.17) is 0 Å². The summed E-state index contributed by atoms with van der Waals surface area (Å²) < 4.78 is 27.9. The van der Waals surface area contributed by atoms with Crippen molar-refractivity contribution < 1.29 is 18.3 Å². The molecule has 0 atom stereocenters. The van der Waals surface area contributed by atoms with Crippen molar-refractivity contribution in [2.24, 2.45) is 5.92 Å². The maximum Gasteiger partial charge on any atom is 0.389 e. The van der Waals surface area contributed by atoms with E-state index in [1.807, 2.05) is 18.2 Å². The third-order valence-corrected chi connectivity index (χ3v) is 3.38. The highest BCUT2D eigenvalue weighted by Gasteiger charge is 2.27. The van der Waals surface area contributed by atoms with Gasteiger partial charge in [-0.1, -0.05) is 30.3 Å². The Bertz CT molecular complexity index is 403. The third kappa shape index (κ3) is 4.28. The van der Waals surface area contributed by atoms with Crippen LogP contribution in [-0.2, 0) is 16.1 Å². The molecule has 0 aliphatic carbocycles. The van der Waals surface area contributed by atoms with Crippen LogP contribution in [0.15, 0.2) is 30.3 Å². The molecule has 0 saturated carbocycles. The molecule has 1 aromatic rings. The van der Waals surface area contributed by atoms with Crippen LogP contribution in [0.25, 0.3) is 0 Å². The van der Waals surface area contributed by atoms with Crippen molar-refractivity contribution in [3.63, 3.8) is 0 Å². The lowest BCUT2D eigenvalue weighted by Gasteiger charge is -2.30. The maximum absolute atomic E-state index is 12.0. The highest BCUT2D eigenvalue weighted by Crippen LogP contribution is 2.21. The van der Waals surface area contributed by atoms with E-state index in [2.05, 4.69) is 21.8 Å². The van der Waals surface area contributed by atoms with Crippen LogP contribution in [0.3, 0.4) is 0 Å². The Kier molecular flexibility index (Phi) is 4.85. The minimum absolute atomic E-state index is 0.388. The predicted molar refractivity (Wildman–Crippen MR) is 66.5 cm³/mol. The number of nitrogens with zero attached hydrogens (tertiary/aromatic N) is 1. The topological polar surface area (TPSA) is 29.5 Å². The van der Waals surface area contributed by atoms with E-state index in [1.165, 1.54) is 5.56 Å². The first-order valence-electron chi connectivity index (χ1n) is 6.40. The number of carbonyl (C=O) groups excluding carboxylic acids is 1. The summed E-state index contributed by atoms with van der Waals surface area (Å²) in [5, 5.41) is 0. The molecule has 2 rings (SSSR count). The summed E-state index contributed by atoms with van der Waals surface area (Å²) in [6.07, 6.45) is 1.16. The number of halogens is 2. The lowest BCUT2D eigenvalue weighted by Crippen LogP contribution is -2.36. The molecule has 104 valence electrons. The van der Waals surface area contributed by atoms with E-state index >= 15 is 0 Å². The number of likely N-dealkylation sites (tertiary alicyclic amines) is 1. The number of hydrogen-bond acceptors (Lipinski definition) is 3. The summed E-state index contributed by atoms with van der Waals surface area (Å²) in [5.41, 5.74) is 1.22. The van der Waals surface area contributed by atoms with Crippen molar-refractivity contribution in [2.75, 3.05) is 13.1 Å². The van der Waals surface area contributed by atoms with Gasteiger partial charge in [0.25, 0.3) is 0 Å². The van der Waals surface area contributed by atoms with E-state index in [1.54, 1.807) is 0 Å². The Labute approximate surface area is 111 Å². The van der Waals surface area contributed by atoms with Crippen molar-refractivity contribution in [3.8, 4) is 0 Å². The summed E-state index contributed by atoms with van der Waals surface area (Å²) in [6, 6.07) is 10.1. The Morgan fingerprint density at radius 3 is 2.47 bits per heavy atom. The molecule has 0 unspecified atom stereocenters. The van der Waals surface area contributed by atoms with Gasteiger partial charge in [0.2, 0.25) is 0 Å². The number of alkyl halides is 2. The van der Waals surface area contributed by atoms with Crippen LogP contribution in [0.1, 0.15) is 18.4 Å². The molecular formula is C14H17F2NO2. The Morgan fingerprint density at radius 1 is 1.26 bits per heavy atom. The number of carbonyl (C=O) groups is 1. The minimum atomic E-state index is -3.00. The van der Waals surface area contributed by atoms with Gasteiger partial charge in [-0.25, -0.2) is 0 Å². The van der Waals surface area contributed by atoms with Gasteiger partial charge in [-0.15, -0.1) is 0 Å². The molecule has 19 heavy (non-hydrogen) atoms. The molecule has 1 aliphatic rings. The van der Waals surface area contributed by atoms with Gasteiger partial charge in [-0.2, -0.15) is 8.78 Å². The fraction of sp³-hybridized carbons (Fsp3) is 0.500. The summed E-state index contributed by atoms with van der Waals surface area (Å²) in [5.74, 6) is -1.16. The first-order valence-corrected chi connectivity index (χ1v) is 6.40. The summed E-state index contributed by atoms with van der Waals surface area (Å²) in [7, 11) is 0. The van der Waals surface area contributed by atoms with Gasteiger partial charge in [0.05, 0.1) is 5.92 Å². The zero-order valence-corrected chi connectivity index (χ0v) is 10.6. The molecule has 1 saturated heterocycles. The molecule has 0 amide bonds. The highest BCUT2D eigenvalue weighted by molar-refractivity contribution is 5.72. The average molecular weight is 269 g/mol. The molecule has 0 bridgehead atoms. The molecule has 1 heterocycles. The van der Waals surface area contributed by atoms with Crippen molar-refractivity contribution in [2.45, 2.75) is 26.0 Å². The second kappa shape index (κ2) is 6.61. The van der Waals surface area contributed by atoms with Gasteiger partial charge in [-0.05, 0) is 31.5 Å². The molecule has 5 heteroatoms. The molecule has 0 spiro atoms. The van der Waals surface area contributed by atoms with Crippen LogP contribution < -0.4 is 0 Å². The van der Waals surface area contributed by atoms with Crippen molar-refractivity contribution >= 4 is 5.97 Å². The van der Waals surface area contributed by atoms with Crippen LogP contribution in [0.5, 0.6) is 0 Å². The van der Waals surface area contributed by atoms with Crippen LogP contribution >= 0.6 is 0 Å². The number of rotatable bonds is 4. The van der Waals surface area contributed by atoms with Gasteiger partial charge in [0.1, 0.15) is 0 Å². The van der Waals surface area contributed by atoms with Gasteiger partial charge in [0.15, 0.2) is 0 Å². The van der Waals surface area contributed by atoms with Crippen LogP contribution in [-0.4, -0.2) is 30.6 Å². The second-order valence-corrected chi connectivity index (χ2v) is 4.73. The molecule has 1 aromatic carbocycles. The van der Waals surface area contributed by atoms with Crippen molar-refractivity contribution in [3.05, 3.63) is 35.9 Å². The van der Waals surface area contributed by atoms with Crippen molar-refractivity contribution in [1.29, 1.82) is 0 Å². The largest absolute Gasteiger partial charge is 0.403 e. The van der Waals surface area contributed by atoms with Gasteiger partial charge in [-0.3, -0.25) is 9.69 Å². The molecule has 0 N–H and O–H groups in total. The predicted octanol–water partition coefficient (Wildman–Crippen LogP) is 2.66. The van der Waals surface area contributed by atoms with Gasteiger partial charge in [0, 0.05) is 6.54 Å². The van der Waals surface area contributed by atoms with Gasteiger partial charge < -0.3 is 4.74 Å². The van der Waals surface area contributed by atoms with E-state index in [9.17, 15) is 13.6 Å². The van der Waals surface area contributed by atoms with Crippen LogP contribution in [0.2, 0.25) is 0 Å². The second-order valence-electron chi connectivity index (χ2n) is 4.73. The number of esters is 1. The van der Waals surface area contributed by atoms with Crippen molar-refractivity contribution in [1.82, 2.24) is 4.90 Å². The Hall–Kier alpha value is -1.49. The highest BCUT2D eigenvalue weighted by atomic mass is 19.3. The molecule has 0 radical (unpaired) electrons. The minimum Gasteiger partial charge on any atom is -0.403 e. The lowest BCUT2D eigenvalue weighted by molar-refractivity contribution is -0.182.